The number of halogens is 3. The number of anilines is 1. The summed E-state index contributed by atoms with van der Waals surface area (Å²) in [4.78, 5) is -0.0674. The molecule has 2 N–H and O–H groups in total. The molecular formula is C22H27F3N2O2S. The van der Waals surface area contributed by atoms with Crippen molar-refractivity contribution < 1.29 is 21.6 Å². The van der Waals surface area contributed by atoms with Crippen LogP contribution in [0.2, 0.25) is 0 Å². The van der Waals surface area contributed by atoms with E-state index < -0.39 is 22.1 Å². The van der Waals surface area contributed by atoms with Crippen molar-refractivity contribution in [2.24, 2.45) is 0 Å². The molecule has 0 heterocycles. The summed E-state index contributed by atoms with van der Waals surface area (Å²) in [5.74, 6) is -1.65. The molecule has 0 aliphatic heterocycles. The Labute approximate surface area is 175 Å². The van der Waals surface area contributed by atoms with Crippen LogP contribution >= 0.6 is 0 Å². The molecule has 2 atom stereocenters. The summed E-state index contributed by atoms with van der Waals surface area (Å²) in [7, 11) is -3.88. The fraction of sp³-hybridized carbons (Fsp3) is 0.455. The van der Waals surface area contributed by atoms with Crippen LogP contribution in [-0.2, 0) is 22.9 Å². The van der Waals surface area contributed by atoms with Gasteiger partial charge >= 0.3 is 6.18 Å². The highest BCUT2D eigenvalue weighted by Crippen LogP contribution is 2.34. The van der Waals surface area contributed by atoms with E-state index in [1.165, 1.54) is 29.8 Å². The Morgan fingerprint density at radius 2 is 1.80 bits per heavy atom. The van der Waals surface area contributed by atoms with E-state index in [2.05, 4.69) is 17.0 Å². The molecule has 1 aliphatic carbocycles. The smallest absolute Gasteiger partial charge is 0.314 e. The van der Waals surface area contributed by atoms with Gasteiger partial charge in [0.2, 0.25) is 0 Å². The predicted molar refractivity (Wildman–Crippen MR) is 112 cm³/mol. The summed E-state index contributed by atoms with van der Waals surface area (Å²) in [6.45, 7) is 4.17. The maximum Gasteiger partial charge on any atom is 0.395 e. The van der Waals surface area contributed by atoms with Gasteiger partial charge in [0.15, 0.2) is 0 Å². The van der Waals surface area contributed by atoms with Gasteiger partial charge in [-0.2, -0.15) is 13.2 Å². The van der Waals surface area contributed by atoms with Crippen LogP contribution in [0.25, 0.3) is 0 Å². The molecule has 2 aromatic carbocycles. The Balaban J connectivity index is 1.72. The second kappa shape index (κ2) is 8.98. The van der Waals surface area contributed by atoms with Crippen molar-refractivity contribution in [1.82, 2.24) is 5.32 Å². The summed E-state index contributed by atoms with van der Waals surface area (Å²) in [6, 6.07) is 10.8. The van der Waals surface area contributed by atoms with Gasteiger partial charge in [0.05, 0.1) is 10.8 Å². The number of alkyl halides is 3. The molecule has 0 spiro atoms. The molecule has 0 aromatic heterocycles. The maximum atomic E-state index is 12.8. The van der Waals surface area contributed by atoms with Gasteiger partial charge in [-0.3, -0.25) is 4.72 Å². The first-order valence-corrected chi connectivity index (χ1v) is 11.6. The Hall–Kier alpha value is -2.06. The van der Waals surface area contributed by atoms with Gasteiger partial charge in [-0.15, -0.1) is 0 Å². The van der Waals surface area contributed by atoms with Gasteiger partial charge in [0.1, 0.15) is 0 Å². The summed E-state index contributed by atoms with van der Waals surface area (Å²) in [5.41, 5.74) is 2.82. The van der Waals surface area contributed by atoms with Crippen LogP contribution < -0.4 is 10.0 Å². The first-order valence-electron chi connectivity index (χ1n) is 10.1. The number of benzene rings is 2. The molecule has 4 nitrogen and oxygen atoms in total. The SMILES string of the molecule is CCCN[C@@H]1CCc2cc(NS(=O)(=O)c3ccc(C(C)C(F)(F)F)cc3)ccc2C1. The van der Waals surface area contributed by atoms with Crippen LogP contribution in [0.4, 0.5) is 18.9 Å². The highest BCUT2D eigenvalue weighted by molar-refractivity contribution is 7.92. The van der Waals surface area contributed by atoms with E-state index in [1.54, 1.807) is 6.07 Å². The fourth-order valence-corrected chi connectivity index (χ4v) is 4.73. The molecule has 0 saturated carbocycles. The summed E-state index contributed by atoms with van der Waals surface area (Å²) >= 11 is 0. The number of hydrogen-bond donors (Lipinski definition) is 2. The predicted octanol–water partition coefficient (Wildman–Crippen LogP) is 5.01. The van der Waals surface area contributed by atoms with Gasteiger partial charge in [0, 0.05) is 11.7 Å². The van der Waals surface area contributed by atoms with E-state index in [-0.39, 0.29) is 10.5 Å². The number of rotatable bonds is 7. The molecule has 0 bridgehead atoms. The highest BCUT2D eigenvalue weighted by Gasteiger charge is 2.37. The third kappa shape index (κ3) is 5.35. The zero-order chi connectivity index (χ0) is 21.9. The molecule has 164 valence electrons. The first kappa shape index (κ1) is 22.6. The van der Waals surface area contributed by atoms with E-state index in [0.29, 0.717) is 11.7 Å². The molecule has 0 radical (unpaired) electrons. The number of nitrogens with one attached hydrogen (secondary N) is 2. The molecule has 0 fully saturated rings. The van der Waals surface area contributed by atoms with Crippen molar-refractivity contribution in [3.05, 3.63) is 59.2 Å². The van der Waals surface area contributed by atoms with Crippen LogP contribution in [-0.4, -0.2) is 27.2 Å². The molecule has 1 unspecified atom stereocenters. The Bertz CT molecular complexity index is 973. The van der Waals surface area contributed by atoms with Crippen LogP contribution in [0, 0.1) is 0 Å². The second-order valence-electron chi connectivity index (χ2n) is 7.82. The number of sulfonamides is 1. The number of hydrogen-bond acceptors (Lipinski definition) is 3. The Morgan fingerprint density at radius 3 is 2.43 bits per heavy atom. The molecule has 30 heavy (non-hydrogen) atoms. The molecule has 0 saturated heterocycles. The monoisotopic (exact) mass is 440 g/mol. The van der Waals surface area contributed by atoms with Gasteiger partial charge < -0.3 is 5.32 Å². The van der Waals surface area contributed by atoms with Crippen LogP contribution in [0.15, 0.2) is 47.4 Å². The van der Waals surface area contributed by atoms with E-state index in [4.69, 9.17) is 0 Å². The van der Waals surface area contributed by atoms with Crippen molar-refractivity contribution in [2.45, 2.75) is 62.6 Å². The molecule has 1 aliphatic rings. The van der Waals surface area contributed by atoms with Gasteiger partial charge in [-0.1, -0.05) is 25.1 Å². The van der Waals surface area contributed by atoms with Crippen molar-refractivity contribution in [3.63, 3.8) is 0 Å². The summed E-state index contributed by atoms with van der Waals surface area (Å²) in [5, 5.41) is 3.53. The van der Waals surface area contributed by atoms with Crippen molar-refractivity contribution in [1.29, 1.82) is 0 Å². The van der Waals surface area contributed by atoms with Crippen molar-refractivity contribution >= 4 is 15.7 Å². The Morgan fingerprint density at radius 1 is 1.10 bits per heavy atom. The van der Waals surface area contributed by atoms with Crippen LogP contribution in [0.1, 0.15) is 49.3 Å². The lowest BCUT2D eigenvalue weighted by atomic mass is 9.88. The topological polar surface area (TPSA) is 58.2 Å². The van der Waals surface area contributed by atoms with Crippen molar-refractivity contribution in [2.75, 3.05) is 11.3 Å². The largest absolute Gasteiger partial charge is 0.395 e. The molecule has 3 rings (SSSR count). The van der Waals surface area contributed by atoms with E-state index in [1.807, 2.05) is 12.1 Å². The maximum absolute atomic E-state index is 12.8. The Kier molecular flexibility index (Phi) is 6.77. The first-order chi connectivity index (χ1) is 14.1. The van der Waals surface area contributed by atoms with Crippen LogP contribution in [0.5, 0.6) is 0 Å². The van der Waals surface area contributed by atoms with E-state index >= 15 is 0 Å². The summed E-state index contributed by atoms with van der Waals surface area (Å²) < 4.78 is 66.4. The third-order valence-corrected chi connectivity index (χ3v) is 6.95. The molecule has 8 heteroatoms. The lowest BCUT2D eigenvalue weighted by Gasteiger charge is -2.26. The van der Waals surface area contributed by atoms with Gasteiger partial charge in [-0.25, -0.2) is 8.42 Å². The van der Waals surface area contributed by atoms with Gasteiger partial charge in [-0.05, 0) is 80.1 Å². The standard InChI is InChI=1S/C22H27F3N2O2S/c1-3-12-26-19-8-4-18-14-20(9-5-17(18)13-19)27-30(28,29)21-10-6-16(7-11-21)15(2)22(23,24)25/h5-7,9-11,14-15,19,26-27H,3-4,8,12-13H2,1-2H3/t15?,19-/m1/s1. The lowest BCUT2D eigenvalue weighted by Crippen LogP contribution is -2.35. The molecule has 0 amide bonds. The van der Waals surface area contributed by atoms with E-state index in [0.717, 1.165) is 44.7 Å². The van der Waals surface area contributed by atoms with Gasteiger partial charge in [0.25, 0.3) is 10.0 Å². The third-order valence-electron chi connectivity index (χ3n) is 5.55. The molecule has 2 aromatic rings. The van der Waals surface area contributed by atoms with E-state index in [9.17, 15) is 21.6 Å². The minimum Gasteiger partial charge on any atom is -0.314 e. The highest BCUT2D eigenvalue weighted by atomic mass is 32.2. The molecular weight excluding hydrogens is 413 g/mol. The zero-order valence-corrected chi connectivity index (χ0v) is 17.9. The number of fused-ring (bicyclic) bond motifs is 1. The minimum atomic E-state index is -4.37. The number of aryl methyl sites for hydroxylation is 1. The normalized spacial score (nSPS) is 18.0. The average molecular weight is 441 g/mol. The average Bonchev–Trinajstić information content (AvgIpc) is 2.70. The zero-order valence-electron chi connectivity index (χ0n) is 17.1. The van der Waals surface area contributed by atoms with Crippen molar-refractivity contribution in [3.8, 4) is 0 Å². The summed E-state index contributed by atoms with van der Waals surface area (Å²) in [6.07, 6.45) is -0.493. The quantitative estimate of drug-likeness (QED) is 0.636. The lowest BCUT2D eigenvalue weighted by molar-refractivity contribution is -0.146. The minimum absolute atomic E-state index is 0.0291. The van der Waals surface area contributed by atoms with Crippen LogP contribution in [0.3, 0.4) is 0 Å². The second-order valence-corrected chi connectivity index (χ2v) is 9.50. The fourth-order valence-electron chi connectivity index (χ4n) is 3.68.